The molecule has 1 saturated carbocycles. The van der Waals surface area contributed by atoms with Gasteiger partial charge in [-0.2, -0.15) is 0 Å². The summed E-state index contributed by atoms with van der Waals surface area (Å²) in [5.41, 5.74) is 3.10. The number of hydrogen-bond donors (Lipinski definition) is 0. The van der Waals surface area contributed by atoms with Gasteiger partial charge < -0.3 is 9.30 Å². The summed E-state index contributed by atoms with van der Waals surface area (Å²) in [6, 6.07) is 16.4. The molecule has 1 aliphatic rings. The summed E-state index contributed by atoms with van der Waals surface area (Å²) < 4.78 is 8.39. The fraction of sp³-hybridized carbons (Fsp3) is 0.348. The Kier molecular flexibility index (Phi) is 6.12. The minimum absolute atomic E-state index is 0.291. The molecule has 0 amide bonds. The van der Waals surface area contributed by atoms with E-state index in [9.17, 15) is 4.79 Å². The molecule has 3 aromatic rings. The van der Waals surface area contributed by atoms with Crippen molar-refractivity contribution in [3.63, 3.8) is 0 Å². The van der Waals surface area contributed by atoms with Crippen LogP contribution in [0.25, 0.3) is 10.9 Å². The van der Waals surface area contributed by atoms with Crippen LogP contribution in [0.15, 0.2) is 58.0 Å². The molecule has 0 unspecified atom stereocenters. The van der Waals surface area contributed by atoms with E-state index in [-0.39, 0.29) is 5.97 Å². The van der Waals surface area contributed by atoms with Crippen LogP contribution in [-0.4, -0.2) is 17.6 Å². The van der Waals surface area contributed by atoms with Crippen LogP contribution >= 0.6 is 27.7 Å². The zero-order chi connectivity index (χ0) is 19.5. The molecule has 1 heterocycles. The van der Waals surface area contributed by atoms with Crippen molar-refractivity contribution in [2.75, 3.05) is 7.11 Å². The first kappa shape index (κ1) is 19.6. The van der Waals surface area contributed by atoms with E-state index < -0.39 is 0 Å². The zero-order valence-electron chi connectivity index (χ0n) is 16.0. The number of esters is 1. The van der Waals surface area contributed by atoms with E-state index in [4.69, 9.17) is 4.74 Å². The number of ether oxygens (including phenoxy) is 1. The number of hydrogen-bond acceptors (Lipinski definition) is 3. The summed E-state index contributed by atoms with van der Waals surface area (Å²) in [7, 11) is 1.43. The normalized spacial score (nSPS) is 15.1. The van der Waals surface area contributed by atoms with Gasteiger partial charge in [0.15, 0.2) is 0 Å². The third-order valence-electron chi connectivity index (χ3n) is 5.58. The van der Waals surface area contributed by atoms with Crippen LogP contribution in [0, 0.1) is 0 Å². The molecule has 0 spiro atoms. The molecular weight excluding hydrogens is 434 g/mol. The average Bonchev–Trinajstić information content (AvgIpc) is 3.03. The molecule has 1 fully saturated rings. The quantitative estimate of drug-likeness (QED) is 0.305. The number of benzene rings is 2. The second kappa shape index (κ2) is 8.75. The molecular formula is C23H24BrNO2S. The Morgan fingerprint density at radius 2 is 1.89 bits per heavy atom. The predicted molar refractivity (Wildman–Crippen MR) is 119 cm³/mol. The number of carbonyl (C=O) groups excluding carboxylic acids is 1. The molecule has 0 atom stereocenters. The SMILES string of the molecule is COC(=O)c1ccc2c(C3CCCCC3)c(Br)n(CSc3ccccc3)c2c1. The number of halogens is 1. The van der Waals surface area contributed by atoms with Crippen LogP contribution in [0.5, 0.6) is 0 Å². The number of carbonyl (C=O) groups is 1. The van der Waals surface area contributed by atoms with Gasteiger partial charge >= 0.3 is 5.97 Å². The van der Waals surface area contributed by atoms with Gasteiger partial charge in [-0.3, -0.25) is 0 Å². The molecule has 0 N–H and O–H groups in total. The molecule has 2 aromatic carbocycles. The molecule has 28 heavy (non-hydrogen) atoms. The molecule has 146 valence electrons. The Morgan fingerprint density at radius 3 is 2.61 bits per heavy atom. The minimum Gasteiger partial charge on any atom is -0.465 e. The van der Waals surface area contributed by atoms with Gasteiger partial charge in [-0.05, 0) is 64.5 Å². The highest BCUT2D eigenvalue weighted by molar-refractivity contribution is 9.10. The van der Waals surface area contributed by atoms with Crippen molar-refractivity contribution in [3.05, 3.63) is 64.3 Å². The molecule has 0 saturated heterocycles. The van der Waals surface area contributed by atoms with Crippen molar-refractivity contribution in [2.24, 2.45) is 0 Å². The molecule has 1 aliphatic carbocycles. The van der Waals surface area contributed by atoms with Crippen molar-refractivity contribution >= 4 is 44.6 Å². The van der Waals surface area contributed by atoms with Gasteiger partial charge in [0.1, 0.15) is 0 Å². The third-order valence-corrected chi connectivity index (χ3v) is 7.42. The third kappa shape index (κ3) is 3.87. The summed E-state index contributed by atoms with van der Waals surface area (Å²) in [6.45, 7) is 0. The van der Waals surface area contributed by atoms with Crippen LogP contribution in [0.1, 0.15) is 53.9 Å². The molecule has 1 aromatic heterocycles. The van der Waals surface area contributed by atoms with Gasteiger partial charge in [0.25, 0.3) is 0 Å². The first-order valence-electron chi connectivity index (χ1n) is 9.77. The van der Waals surface area contributed by atoms with E-state index in [1.807, 2.05) is 18.2 Å². The number of thioether (sulfide) groups is 1. The molecule has 5 heteroatoms. The largest absolute Gasteiger partial charge is 0.465 e. The van der Waals surface area contributed by atoms with E-state index in [1.165, 1.54) is 55.1 Å². The number of nitrogens with zero attached hydrogens (tertiary/aromatic N) is 1. The number of fused-ring (bicyclic) bond motifs is 1. The average molecular weight is 458 g/mol. The Hall–Kier alpha value is -1.72. The molecule has 0 aliphatic heterocycles. The van der Waals surface area contributed by atoms with E-state index in [1.54, 1.807) is 11.8 Å². The maximum atomic E-state index is 12.1. The number of methoxy groups -OCH3 is 1. The molecule has 3 nitrogen and oxygen atoms in total. The van der Waals surface area contributed by atoms with Crippen LogP contribution in [-0.2, 0) is 10.6 Å². The van der Waals surface area contributed by atoms with E-state index in [0.29, 0.717) is 11.5 Å². The summed E-state index contributed by atoms with van der Waals surface area (Å²) in [6.07, 6.45) is 6.40. The molecule has 4 rings (SSSR count). The van der Waals surface area contributed by atoms with Gasteiger partial charge in [-0.15, -0.1) is 11.8 Å². The van der Waals surface area contributed by atoms with E-state index in [2.05, 4.69) is 50.8 Å². The minimum atomic E-state index is -0.291. The van der Waals surface area contributed by atoms with Crippen molar-refractivity contribution in [1.29, 1.82) is 0 Å². The monoisotopic (exact) mass is 457 g/mol. The van der Waals surface area contributed by atoms with Crippen molar-refractivity contribution in [2.45, 2.75) is 48.8 Å². The van der Waals surface area contributed by atoms with Gasteiger partial charge in [-0.1, -0.05) is 43.5 Å². The van der Waals surface area contributed by atoms with Gasteiger partial charge in [-0.25, -0.2) is 4.79 Å². The summed E-state index contributed by atoms with van der Waals surface area (Å²) >= 11 is 5.72. The topological polar surface area (TPSA) is 31.2 Å². The lowest BCUT2D eigenvalue weighted by Gasteiger charge is -2.22. The van der Waals surface area contributed by atoms with Crippen LogP contribution < -0.4 is 0 Å². The van der Waals surface area contributed by atoms with E-state index >= 15 is 0 Å². The Labute approximate surface area is 178 Å². The zero-order valence-corrected chi connectivity index (χ0v) is 18.4. The number of rotatable bonds is 5. The van der Waals surface area contributed by atoms with Crippen LogP contribution in [0.2, 0.25) is 0 Å². The van der Waals surface area contributed by atoms with Gasteiger partial charge in [0.05, 0.1) is 28.7 Å². The van der Waals surface area contributed by atoms with Crippen molar-refractivity contribution in [1.82, 2.24) is 4.57 Å². The highest BCUT2D eigenvalue weighted by Crippen LogP contribution is 2.43. The summed E-state index contributed by atoms with van der Waals surface area (Å²) in [5, 5.41) is 1.25. The Morgan fingerprint density at radius 1 is 1.14 bits per heavy atom. The van der Waals surface area contributed by atoms with Crippen molar-refractivity contribution in [3.8, 4) is 0 Å². The lowest BCUT2D eigenvalue weighted by Crippen LogP contribution is -2.05. The highest BCUT2D eigenvalue weighted by Gasteiger charge is 2.25. The Balaban J connectivity index is 1.78. The van der Waals surface area contributed by atoms with Crippen LogP contribution in [0.3, 0.4) is 0 Å². The van der Waals surface area contributed by atoms with Crippen molar-refractivity contribution < 1.29 is 9.53 Å². The van der Waals surface area contributed by atoms with Gasteiger partial charge in [0.2, 0.25) is 0 Å². The fourth-order valence-electron chi connectivity index (χ4n) is 4.15. The Bertz CT molecular complexity index is 977. The lowest BCUT2D eigenvalue weighted by molar-refractivity contribution is 0.0601. The smallest absolute Gasteiger partial charge is 0.337 e. The maximum absolute atomic E-state index is 12.1. The van der Waals surface area contributed by atoms with Crippen LogP contribution in [0.4, 0.5) is 0 Å². The first-order chi connectivity index (χ1) is 13.7. The fourth-order valence-corrected chi connectivity index (χ4v) is 6.07. The van der Waals surface area contributed by atoms with E-state index in [0.717, 1.165) is 16.0 Å². The predicted octanol–water partition coefficient (Wildman–Crippen LogP) is 6.99. The first-order valence-corrected chi connectivity index (χ1v) is 11.5. The standard InChI is InChI=1S/C23H24BrNO2S/c1-27-23(26)17-12-13-19-20(14-17)25(15-28-18-10-6-3-7-11-18)22(24)21(19)16-8-4-2-5-9-16/h3,6-7,10-14,16H,2,4-5,8-9,15H2,1H3. The highest BCUT2D eigenvalue weighted by atomic mass is 79.9. The second-order valence-corrected chi connectivity index (χ2v) is 9.05. The second-order valence-electron chi connectivity index (χ2n) is 7.28. The lowest BCUT2D eigenvalue weighted by atomic mass is 9.84. The summed E-state index contributed by atoms with van der Waals surface area (Å²) in [5.74, 6) is 1.08. The maximum Gasteiger partial charge on any atom is 0.337 e. The molecule has 0 radical (unpaired) electrons. The van der Waals surface area contributed by atoms with Gasteiger partial charge in [0, 0.05) is 10.3 Å². The molecule has 0 bridgehead atoms. The summed E-state index contributed by atoms with van der Waals surface area (Å²) in [4.78, 5) is 13.3. The number of aromatic nitrogens is 1.